The molecule has 4 nitrogen and oxygen atoms in total. The quantitative estimate of drug-likeness (QED) is 0.688. The number of ether oxygens (including phenoxy) is 1. The number of carboxylic acid groups (broad SMARTS) is 1. The lowest BCUT2D eigenvalue weighted by atomic mass is 9.83. The van der Waals surface area contributed by atoms with Crippen LogP contribution >= 0.6 is 0 Å². The van der Waals surface area contributed by atoms with Crippen molar-refractivity contribution in [3.05, 3.63) is 5.57 Å². The molecular formula is C10H14O4. The lowest BCUT2D eigenvalue weighted by Crippen LogP contribution is -2.28. The molecule has 1 aliphatic carbocycles. The maximum absolute atomic E-state index is 10.7. The SMILES string of the molecule is CCOC1CCC(C(=O)O)C(=C=O)C1. The maximum atomic E-state index is 10.7. The van der Waals surface area contributed by atoms with E-state index in [9.17, 15) is 9.59 Å². The fraction of sp³-hybridized carbons (Fsp3) is 0.700. The van der Waals surface area contributed by atoms with Gasteiger partial charge in [-0.25, -0.2) is 4.79 Å². The van der Waals surface area contributed by atoms with Crippen molar-refractivity contribution in [2.45, 2.75) is 32.3 Å². The summed E-state index contributed by atoms with van der Waals surface area (Å²) in [4.78, 5) is 21.3. The van der Waals surface area contributed by atoms with Gasteiger partial charge in [0, 0.05) is 18.6 Å². The highest BCUT2D eigenvalue weighted by molar-refractivity contribution is 5.77. The summed E-state index contributed by atoms with van der Waals surface area (Å²) in [5.41, 5.74) is 0.335. The standard InChI is InChI=1S/C10H14O4/c1-2-14-8-3-4-9(10(12)13)7(5-8)6-11/h8-9H,2-5H2,1H3,(H,12,13). The summed E-state index contributed by atoms with van der Waals surface area (Å²) in [5, 5.41) is 8.82. The van der Waals surface area contributed by atoms with E-state index in [1.165, 1.54) is 0 Å². The van der Waals surface area contributed by atoms with Crippen LogP contribution in [0.5, 0.6) is 0 Å². The first-order chi connectivity index (χ1) is 6.69. The molecule has 2 atom stereocenters. The lowest BCUT2D eigenvalue weighted by molar-refractivity contribution is -0.141. The summed E-state index contributed by atoms with van der Waals surface area (Å²) in [7, 11) is 0. The second-order valence-electron chi connectivity index (χ2n) is 3.38. The molecule has 0 aromatic heterocycles. The van der Waals surface area contributed by atoms with Crippen LogP contribution in [0, 0.1) is 5.92 Å². The van der Waals surface area contributed by atoms with E-state index in [-0.39, 0.29) is 6.10 Å². The molecule has 1 aliphatic rings. The van der Waals surface area contributed by atoms with Crippen LogP contribution in [0.2, 0.25) is 0 Å². The van der Waals surface area contributed by atoms with Crippen molar-refractivity contribution in [2.75, 3.05) is 6.61 Å². The van der Waals surface area contributed by atoms with Gasteiger partial charge in [-0.1, -0.05) is 0 Å². The number of carbonyl (C=O) groups is 1. The van der Waals surface area contributed by atoms with E-state index >= 15 is 0 Å². The first-order valence-corrected chi connectivity index (χ1v) is 4.77. The van der Waals surface area contributed by atoms with Crippen molar-refractivity contribution in [2.24, 2.45) is 5.92 Å². The van der Waals surface area contributed by atoms with Crippen LogP contribution in [0.4, 0.5) is 0 Å². The molecule has 1 fully saturated rings. The zero-order chi connectivity index (χ0) is 10.6. The highest BCUT2D eigenvalue weighted by Crippen LogP contribution is 2.29. The van der Waals surface area contributed by atoms with Crippen LogP contribution in [-0.2, 0) is 14.3 Å². The molecule has 0 saturated heterocycles. The Bertz CT molecular complexity index is 265. The Morgan fingerprint density at radius 3 is 2.86 bits per heavy atom. The monoisotopic (exact) mass is 198 g/mol. The van der Waals surface area contributed by atoms with Gasteiger partial charge in [-0.15, -0.1) is 0 Å². The second-order valence-corrected chi connectivity index (χ2v) is 3.38. The van der Waals surface area contributed by atoms with Crippen molar-refractivity contribution in [3.63, 3.8) is 0 Å². The van der Waals surface area contributed by atoms with Gasteiger partial charge in [0.25, 0.3) is 0 Å². The molecule has 4 heteroatoms. The minimum atomic E-state index is -0.932. The molecule has 1 N–H and O–H groups in total. The van der Waals surface area contributed by atoms with Crippen LogP contribution < -0.4 is 0 Å². The molecule has 2 unspecified atom stereocenters. The minimum absolute atomic E-state index is 0.00736. The Labute approximate surface area is 82.6 Å². The van der Waals surface area contributed by atoms with Gasteiger partial charge < -0.3 is 9.84 Å². The largest absolute Gasteiger partial charge is 0.481 e. The fourth-order valence-corrected chi connectivity index (χ4v) is 1.78. The van der Waals surface area contributed by atoms with Crippen molar-refractivity contribution in [3.8, 4) is 0 Å². The van der Waals surface area contributed by atoms with E-state index in [0.717, 1.165) is 0 Å². The summed E-state index contributed by atoms with van der Waals surface area (Å²) < 4.78 is 5.35. The van der Waals surface area contributed by atoms with Gasteiger partial charge in [0.2, 0.25) is 0 Å². The number of hydrogen-bond acceptors (Lipinski definition) is 3. The molecule has 0 aromatic carbocycles. The molecule has 0 spiro atoms. The number of carbonyl (C=O) groups excluding carboxylic acids is 1. The van der Waals surface area contributed by atoms with Gasteiger partial charge in [0.1, 0.15) is 5.94 Å². The Morgan fingerprint density at radius 2 is 2.36 bits per heavy atom. The third-order valence-electron chi connectivity index (χ3n) is 2.48. The van der Waals surface area contributed by atoms with Gasteiger partial charge in [-0.3, -0.25) is 4.79 Å². The Balaban J connectivity index is 2.65. The van der Waals surface area contributed by atoms with E-state index < -0.39 is 11.9 Å². The Kier molecular flexibility index (Phi) is 3.86. The molecular weight excluding hydrogens is 184 g/mol. The Hall–Kier alpha value is -1.12. The van der Waals surface area contributed by atoms with Crippen molar-refractivity contribution in [1.82, 2.24) is 0 Å². The van der Waals surface area contributed by atoms with Crippen LogP contribution in [0.3, 0.4) is 0 Å². The lowest BCUT2D eigenvalue weighted by Gasteiger charge is -2.26. The fourth-order valence-electron chi connectivity index (χ4n) is 1.78. The van der Waals surface area contributed by atoms with Crippen molar-refractivity contribution >= 4 is 11.9 Å². The third-order valence-corrected chi connectivity index (χ3v) is 2.48. The molecule has 0 radical (unpaired) electrons. The molecule has 0 aromatic rings. The highest BCUT2D eigenvalue weighted by atomic mass is 16.5. The van der Waals surface area contributed by atoms with Gasteiger partial charge in [0.05, 0.1) is 12.0 Å². The molecule has 0 aliphatic heterocycles. The van der Waals surface area contributed by atoms with Crippen molar-refractivity contribution in [1.29, 1.82) is 0 Å². The molecule has 78 valence electrons. The minimum Gasteiger partial charge on any atom is -0.481 e. The summed E-state index contributed by atoms with van der Waals surface area (Å²) in [5.74, 6) is 0.149. The molecule has 1 saturated carbocycles. The van der Waals surface area contributed by atoms with E-state index in [1.807, 2.05) is 6.92 Å². The number of aliphatic carboxylic acids is 1. The first kappa shape index (κ1) is 11.0. The Morgan fingerprint density at radius 1 is 1.64 bits per heavy atom. The van der Waals surface area contributed by atoms with E-state index in [4.69, 9.17) is 9.84 Å². The predicted molar refractivity (Wildman–Crippen MR) is 49.6 cm³/mol. The summed E-state index contributed by atoms with van der Waals surface area (Å²) >= 11 is 0. The molecule has 0 bridgehead atoms. The zero-order valence-corrected chi connectivity index (χ0v) is 8.16. The van der Waals surface area contributed by atoms with Crippen LogP contribution in [-0.4, -0.2) is 29.7 Å². The van der Waals surface area contributed by atoms with E-state index in [1.54, 1.807) is 5.94 Å². The zero-order valence-electron chi connectivity index (χ0n) is 8.16. The number of carboxylic acids is 1. The smallest absolute Gasteiger partial charge is 0.311 e. The van der Waals surface area contributed by atoms with Crippen molar-refractivity contribution < 1.29 is 19.4 Å². The molecule has 0 amide bonds. The van der Waals surface area contributed by atoms with Gasteiger partial charge in [0.15, 0.2) is 0 Å². The molecule has 0 heterocycles. The van der Waals surface area contributed by atoms with Crippen LogP contribution in [0.15, 0.2) is 5.57 Å². The first-order valence-electron chi connectivity index (χ1n) is 4.77. The number of hydrogen-bond donors (Lipinski definition) is 1. The predicted octanol–water partition coefficient (Wildman–Crippen LogP) is 1.03. The maximum Gasteiger partial charge on any atom is 0.311 e. The number of rotatable bonds is 3. The average Bonchev–Trinajstić information content (AvgIpc) is 2.17. The summed E-state index contributed by atoms with van der Waals surface area (Å²) in [6.45, 7) is 2.47. The van der Waals surface area contributed by atoms with Gasteiger partial charge >= 0.3 is 5.97 Å². The molecule has 14 heavy (non-hydrogen) atoms. The van der Waals surface area contributed by atoms with E-state index in [0.29, 0.717) is 31.4 Å². The third kappa shape index (κ3) is 2.44. The van der Waals surface area contributed by atoms with Gasteiger partial charge in [-0.2, -0.15) is 0 Å². The topological polar surface area (TPSA) is 63.6 Å². The average molecular weight is 198 g/mol. The molecule has 1 rings (SSSR count). The highest BCUT2D eigenvalue weighted by Gasteiger charge is 2.31. The summed E-state index contributed by atoms with van der Waals surface area (Å²) in [6, 6.07) is 0. The summed E-state index contributed by atoms with van der Waals surface area (Å²) in [6.07, 6.45) is 1.58. The van der Waals surface area contributed by atoms with Crippen LogP contribution in [0.1, 0.15) is 26.2 Å². The normalized spacial score (nSPS) is 27.1. The van der Waals surface area contributed by atoms with Crippen LogP contribution in [0.25, 0.3) is 0 Å². The van der Waals surface area contributed by atoms with Gasteiger partial charge in [-0.05, 0) is 19.8 Å². The van der Waals surface area contributed by atoms with E-state index in [2.05, 4.69) is 0 Å². The second kappa shape index (κ2) is 4.94.